The van der Waals surface area contributed by atoms with Gasteiger partial charge in [-0.05, 0) is 48.4 Å². The van der Waals surface area contributed by atoms with Gasteiger partial charge in [0.15, 0.2) is 0 Å². The van der Waals surface area contributed by atoms with Crippen molar-refractivity contribution in [3.63, 3.8) is 0 Å². The zero-order chi connectivity index (χ0) is 14.8. The van der Waals surface area contributed by atoms with Gasteiger partial charge in [0.05, 0.1) is 0 Å². The number of rotatable bonds is 4. The summed E-state index contributed by atoms with van der Waals surface area (Å²) in [5, 5.41) is 4.12. The minimum atomic E-state index is 0.271. The summed E-state index contributed by atoms with van der Waals surface area (Å²) >= 11 is 6.46. The van der Waals surface area contributed by atoms with Gasteiger partial charge in [0.25, 0.3) is 0 Å². The van der Waals surface area contributed by atoms with Crippen LogP contribution in [0.15, 0.2) is 36.4 Å². The molecule has 1 N–H and O–H groups in total. The van der Waals surface area contributed by atoms with E-state index in [1.165, 1.54) is 11.1 Å². The van der Waals surface area contributed by atoms with Crippen molar-refractivity contribution in [1.82, 2.24) is 5.32 Å². The van der Waals surface area contributed by atoms with Gasteiger partial charge in [0, 0.05) is 23.6 Å². The molecule has 2 aromatic carbocycles. The topological polar surface area (TPSA) is 21.3 Å². The van der Waals surface area contributed by atoms with Crippen molar-refractivity contribution in [2.24, 2.45) is 0 Å². The summed E-state index contributed by atoms with van der Waals surface area (Å²) in [5.41, 5.74) is 4.72. The molecule has 3 heteroatoms. The molecule has 0 aromatic heterocycles. The largest absolute Gasteiger partial charge is 0.490 e. The predicted molar refractivity (Wildman–Crippen MR) is 88.1 cm³/mol. The zero-order valence-electron chi connectivity index (χ0n) is 12.4. The summed E-state index contributed by atoms with van der Waals surface area (Å²) in [6.45, 7) is 6.01. The monoisotopic (exact) mass is 301 g/mol. The van der Waals surface area contributed by atoms with Gasteiger partial charge < -0.3 is 10.1 Å². The molecule has 1 unspecified atom stereocenters. The molecule has 1 aliphatic heterocycles. The SMILES string of the molecule is CCNCc1ccc(-c2ccc3c(c2)CC(C)O3)c(Cl)c1. The maximum absolute atomic E-state index is 6.46. The van der Waals surface area contributed by atoms with Crippen molar-refractivity contribution < 1.29 is 4.74 Å². The molecule has 1 aliphatic rings. The first kappa shape index (κ1) is 14.4. The first-order valence-corrected chi connectivity index (χ1v) is 7.84. The summed E-state index contributed by atoms with van der Waals surface area (Å²) in [4.78, 5) is 0. The Morgan fingerprint density at radius 2 is 2.10 bits per heavy atom. The molecule has 0 fully saturated rings. The molecule has 0 aliphatic carbocycles. The average molecular weight is 302 g/mol. The highest BCUT2D eigenvalue weighted by Crippen LogP contribution is 2.35. The smallest absolute Gasteiger partial charge is 0.123 e. The van der Waals surface area contributed by atoms with E-state index in [0.717, 1.165) is 41.4 Å². The second-order valence-electron chi connectivity index (χ2n) is 5.55. The molecular formula is C18H20ClNO. The Balaban J connectivity index is 1.89. The minimum Gasteiger partial charge on any atom is -0.490 e. The average Bonchev–Trinajstić information content (AvgIpc) is 2.84. The summed E-state index contributed by atoms with van der Waals surface area (Å²) in [5.74, 6) is 1.01. The molecule has 2 aromatic rings. The number of nitrogens with one attached hydrogen (secondary N) is 1. The van der Waals surface area contributed by atoms with E-state index >= 15 is 0 Å². The van der Waals surface area contributed by atoms with Crippen molar-refractivity contribution in [2.45, 2.75) is 32.9 Å². The Labute approximate surface area is 131 Å². The number of hydrogen-bond acceptors (Lipinski definition) is 2. The fourth-order valence-electron chi connectivity index (χ4n) is 2.76. The third-order valence-corrected chi connectivity index (χ3v) is 4.13. The molecule has 0 spiro atoms. The molecule has 2 nitrogen and oxygen atoms in total. The lowest BCUT2D eigenvalue weighted by atomic mass is 10.00. The number of ether oxygens (including phenoxy) is 1. The quantitative estimate of drug-likeness (QED) is 0.901. The van der Waals surface area contributed by atoms with Crippen molar-refractivity contribution in [3.05, 3.63) is 52.5 Å². The van der Waals surface area contributed by atoms with E-state index < -0.39 is 0 Å². The second-order valence-corrected chi connectivity index (χ2v) is 5.96. The number of benzene rings is 2. The van der Waals surface area contributed by atoms with Gasteiger partial charge in [-0.2, -0.15) is 0 Å². The highest BCUT2D eigenvalue weighted by molar-refractivity contribution is 6.33. The van der Waals surface area contributed by atoms with Gasteiger partial charge in [0.2, 0.25) is 0 Å². The lowest BCUT2D eigenvalue weighted by molar-refractivity contribution is 0.254. The van der Waals surface area contributed by atoms with Crippen LogP contribution in [0, 0.1) is 0 Å². The second kappa shape index (κ2) is 6.08. The van der Waals surface area contributed by atoms with Crippen LogP contribution < -0.4 is 10.1 Å². The molecule has 0 bridgehead atoms. The van der Waals surface area contributed by atoms with Gasteiger partial charge >= 0.3 is 0 Å². The number of halogens is 1. The van der Waals surface area contributed by atoms with E-state index in [4.69, 9.17) is 16.3 Å². The van der Waals surface area contributed by atoms with Crippen LogP contribution >= 0.6 is 11.6 Å². The lowest BCUT2D eigenvalue weighted by Gasteiger charge is -2.09. The highest BCUT2D eigenvalue weighted by atomic mass is 35.5. The summed E-state index contributed by atoms with van der Waals surface area (Å²) in [6, 6.07) is 12.6. The van der Waals surface area contributed by atoms with Gasteiger partial charge in [-0.15, -0.1) is 0 Å². The van der Waals surface area contributed by atoms with Crippen LogP contribution in [0.1, 0.15) is 25.0 Å². The van der Waals surface area contributed by atoms with Crippen molar-refractivity contribution in [2.75, 3.05) is 6.54 Å². The maximum Gasteiger partial charge on any atom is 0.123 e. The molecule has 1 atom stereocenters. The third-order valence-electron chi connectivity index (χ3n) is 3.82. The third kappa shape index (κ3) is 3.07. The van der Waals surface area contributed by atoms with Gasteiger partial charge in [-0.3, -0.25) is 0 Å². The fraction of sp³-hybridized carbons (Fsp3) is 0.333. The molecule has 0 saturated carbocycles. The summed E-state index contributed by atoms with van der Waals surface area (Å²) in [6.07, 6.45) is 1.24. The molecule has 110 valence electrons. The molecule has 0 amide bonds. The Morgan fingerprint density at radius 3 is 2.86 bits per heavy atom. The number of hydrogen-bond donors (Lipinski definition) is 1. The van der Waals surface area contributed by atoms with Crippen molar-refractivity contribution >= 4 is 11.6 Å². The number of fused-ring (bicyclic) bond motifs is 1. The van der Waals surface area contributed by atoms with E-state index in [-0.39, 0.29) is 6.10 Å². The van der Waals surface area contributed by atoms with Crippen LogP contribution in [0.25, 0.3) is 11.1 Å². The normalized spacial score (nSPS) is 16.6. The fourth-order valence-corrected chi connectivity index (χ4v) is 3.07. The molecule has 3 rings (SSSR count). The van der Waals surface area contributed by atoms with E-state index in [0.29, 0.717) is 0 Å². The Bertz CT molecular complexity index is 654. The Morgan fingerprint density at radius 1 is 1.24 bits per heavy atom. The Hall–Kier alpha value is -1.51. The van der Waals surface area contributed by atoms with Gasteiger partial charge in [-0.1, -0.05) is 36.7 Å². The standard InChI is InChI=1S/C18H20ClNO/c1-3-20-11-13-4-6-16(17(19)9-13)14-5-7-18-15(10-14)8-12(2)21-18/h4-7,9-10,12,20H,3,8,11H2,1-2H3. The van der Waals surface area contributed by atoms with E-state index in [1.807, 2.05) is 6.07 Å². The molecule has 0 saturated heterocycles. The Kier molecular flexibility index (Phi) is 4.18. The van der Waals surface area contributed by atoms with Crippen molar-refractivity contribution in [1.29, 1.82) is 0 Å². The molecule has 0 radical (unpaired) electrons. The summed E-state index contributed by atoms with van der Waals surface area (Å²) < 4.78 is 5.75. The van der Waals surface area contributed by atoms with Crippen LogP contribution in [-0.2, 0) is 13.0 Å². The first-order chi connectivity index (χ1) is 10.2. The first-order valence-electron chi connectivity index (χ1n) is 7.46. The summed E-state index contributed by atoms with van der Waals surface area (Å²) in [7, 11) is 0. The lowest BCUT2D eigenvalue weighted by Crippen LogP contribution is -2.11. The molecule has 1 heterocycles. The highest BCUT2D eigenvalue weighted by Gasteiger charge is 2.19. The van der Waals surface area contributed by atoms with Crippen LogP contribution in [0.4, 0.5) is 0 Å². The van der Waals surface area contributed by atoms with Crippen LogP contribution in [0.2, 0.25) is 5.02 Å². The molecule has 21 heavy (non-hydrogen) atoms. The molecular weight excluding hydrogens is 282 g/mol. The van der Waals surface area contributed by atoms with E-state index in [2.05, 4.69) is 49.5 Å². The predicted octanol–water partition coefficient (Wildman–Crippen LogP) is 4.44. The zero-order valence-corrected chi connectivity index (χ0v) is 13.2. The van der Waals surface area contributed by atoms with Crippen LogP contribution in [0.3, 0.4) is 0 Å². The van der Waals surface area contributed by atoms with Crippen molar-refractivity contribution in [3.8, 4) is 16.9 Å². The van der Waals surface area contributed by atoms with Gasteiger partial charge in [-0.25, -0.2) is 0 Å². The van der Waals surface area contributed by atoms with E-state index in [9.17, 15) is 0 Å². The van der Waals surface area contributed by atoms with E-state index in [1.54, 1.807) is 0 Å². The minimum absolute atomic E-state index is 0.271. The maximum atomic E-state index is 6.46. The van der Waals surface area contributed by atoms with Gasteiger partial charge in [0.1, 0.15) is 11.9 Å². The van der Waals surface area contributed by atoms with Crippen LogP contribution in [-0.4, -0.2) is 12.6 Å². The van der Waals surface area contributed by atoms with Crippen LogP contribution in [0.5, 0.6) is 5.75 Å².